The number of phenolic OH excluding ortho intramolecular Hbond substituents is 2. The van der Waals surface area contributed by atoms with Crippen molar-refractivity contribution in [1.29, 1.82) is 0 Å². The van der Waals surface area contributed by atoms with Gasteiger partial charge in [-0.3, -0.25) is 0 Å². The largest absolute Gasteiger partial charge is 0.506 e. The monoisotopic (exact) mass is 382 g/mol. The van der Waals surface area contributed by atoms with Crippen molar-refractivity contribution in [2.75, 3.05) is 11.5 Å². The molecule has 2 aromatic rings. The number of hydrogen-bond donors (Lipinski definition) is 4. The first-order valence-corrected chi connectivity index (χ1v) is 9.89. The third-order valence-corrected chi connectivity index (χ3v) is 6.63. The third kappa shape index (κ3) is 2.87. The molecule has 4 aliphatic rings. The van der Waals surface area contributed by atoms with E-state index in [0.29, 0.717) is 34.7 Å². The van der Waals surface area contributed by atoms with Crippen molar-refractivity contribution in [2.45, 2.75) is 49.7 Å². The number of benzene rings is 2. The minimum Gasteiger partial charge on any atom is -0.506 e. The summed E-state index contributed by atoms with van der Waals surface area (Å²) < 4.78 is 13.0. The van der Waals surface area contributed by atoms with E-state index in [1.807, 2.05) is 12.1 Å². The van der Waals surface area contributed by atoms with Crippen LogP contribution in [-0.2, 0) is 0 Å². The Bertz CT molecular complexity index is 843. The van der Waals surface area contributed by atoms with Gasteiger partial charge in [0, 0.05) is 18.6 Å². The Morgan fingerprint density at radius 1 is 0.750 bits per heavy atom. The molecule has 0 heterocycles. The van der Waals surface area contributed by atoms with Crippen LogP contribution in [0.1, 0.15) is 38.5 Å². The molecule has 0 radical (unpaired) electrons. The van der Waals surface area contributed by atoms with Gasteiger partial charge in [0.15, 0.2) is 0 Å². The molecule has 4 saturated carbocycles. The average molecular weight is 382 g/mol. The predicted octanol–water partition coefficient (Wildman–Crippen LogP) is 3.81. The minimum absolute atomic E-state index is 0.0468. The number of nitrogens with two attached hydrogens (primary N) is 2. The second-order valence-corrected chi connectivity index (χ2v) is 8.97. The zero-order chi connectivity index (χ0) is 19.5. The zero-order valence-electron chi connectivity index (χ0n) is 15.7. The van der Waals surface area contributed by atoms with Gasteiger partial charge in [-0.2, -0.15) is 0 Å². The molecule has 2 aromatic carbocycles. The van der Waals surface area contributed by atoms with Crippen LogP contribution in [0.5, 0.6) is 23.0 Å². The lowest BCUT2D eigenvalue weighted by Crippen LogP contribution is -2.63. The van der Waals surface area contributed by atoms with Gasteiger partial charge in [0.1, 0.15) is 34.2 Å². The lowest BCUT2D eigenvalue weighted by atomic mass is 9.52. The summed E-state index contributed by atoms with van der Waals surface area (Å²) in [6, 6.07) is 10.2. The molecule has 148 valence electrons. The Labute approximate surface area is 164 Å². The van der Waals surface area contributed by atoms with Gasteiger partial charge >= 0.3 is 0 Å². The normalized spacial score (nSPS) is 33.0. The van der Waals surface area contributed by atoms with Crippen molar-refractivity contribution >= 4 is 11.4 Å². The lowest BCUT2D eigenvalue weighted by molar-refractivity contribution is -0.177. The fourth-order valence-electron chi connectivity index (χ4n) is 6.01. The average Bonchev–Trinajstić information content (AvgIpc) is 2.60. The highest BCUT2D eigenvalue weighted by atomic mass is 16.5. The van der Waals surface area contributed by atoms with Crippen molar-refractivity contribution in [3.05, 3.63) is 36.4 Å². The van der Waals surface area contributed by atoms with E-state index in [2.05, 4.69) is 0 Å². The Hall–Kier alpha value is -2.76. The molecular weight excluding hydrogens is 356 g/mol. The molecular formula is C22H26N2O4. The van der Waals surface area contributed by atoms with E-state index in [4.69, 9.17) is 20.9 Å². The molecule has 0 atom stereocenters. The van der Waals surface area contributed by atoms with Gasteiger partial charge in [0.2, 0.25) is 0 Å². The first-order valence-electron chi connectivity index (χ1n) is 9.89. The molecule has 6 N–H and O–H groups in total. The zero-order valence-corrected chi connectivity index (χ0v) is 15.7. The van der Waals surface area contributed by atoms with E-state index in [0.717, 1.165) is 32.1 Å². The Morgan fingerprint density at radius 3 is 1.57 bits per heavy atom. The number of aromatic hydroxyl groups is 2. The van der Waals surface area contributed by atoms with Crippen LogP contribution in [0.2, 0.25) is 0 Å². The second-order valence-electron chi connectivity index (χ2n) is 8.97. The van der Waals surface area contributed by atoms with Crippen LogP contribution in [0, 0.1) is 11.8 Å². The summed E-state index contributed by atoms with van der Waals surface area (Å²) in [5.74, 6) is 2.51. The van der Waals surface area contributed by atoms with Gasteiger partial charge in [-0.05, 0) is 68.2 Å². The van der Waals surface area contributed by atoms with E-state index in [1.54, 1.807) is 24.3 Å². The van der Waals surface area contributed by atoms with Gasteiger partial charge in [-0.1, -0.05) is 0 Å². The summed E-state index contributed by atoms with van der Waals surface area (Å²) in [6.07, 6.45) is 6.04. The van der Waals surface area contributed by atoms with Crippen molar-refractivity contribution in [3.8, 4) is 23.0 Å². The highest BCUT2D eigenvalue weighted by Crippen LogP contribution is 2.60. The molecule has 0 aromatic heterocycles. The Kier molecular flexibility index (Phi) is 3.63. The summed E-state index contributed by atoms with van der Waals surface area (Å²) in [6.45, 7) is 0. The SMILES string of the molecule is Nc1ccc(OC23CC4CC(C2)CC(Oc2ccc(N)c(O)c2)(C4)C3)cc1O. The lowest BCUT2D eigenvalue weighted by Gasteiger charge is -2.60. The number of rotatable bonds is 4. The molecule has 4 bridgehead atoms. The van der Waals surface area contributed by atoms with E-state index in [9.17, 15) is 10.2 Å². The first-order chi connectivity index (χ1) is 13.3. The summed E-state index contributed by atoms with van der Waals surface area (Å²) in [7, 11) is 0. The van der Waals surface area contributed by atoms with Crippen LogP contribution >= 0.6 is 0 Å². The van der Waals surface area contributed by atoms with Crippen molar-refractivity contribution in [3.63, 3.8) is 0 Å². The van der Waals surface area contributed by atoms with Crippen LogP contribution in [0.15, 0.2) is 36.4 Å². The van der Waals surface area contributed by atoms with Gasteiger partial charge in [-0.25, -0.2) is 0 Å². The molecule has 0 amide bonds. The summed E-state index contributed by atoms with van der Waals surface area (Å²) in [4.78, 5) is 0. The molecule has 0 aliphatic heterocycles. The quantitative estimate of drug-likeness (QED) is 0.473. The third-order valence-electron chi connectivity index (χ3n) is 6.63. The topological polar surface area (TPSA) is 111 Å². The maximum absolute atomic E-state index is 9.94. The molecule has 0 unspecified atom stereocenters. The molecule has 6 nitrogen and oxygen atoms in total. The van der Waals surface area contributed by atoms with Gasteiger partial charge < -0.3 is 31.2 Å². The van der Waals surface area contributed by atoms with Crippen molar-refractivity contribution in [2.24, 2.45) is 11.8 Å². The molecule has 0 saturated heterocycles. The van der Waals surface area contributed by atoms with Gasteiger partial charge in [0.05, 0.1) is 11.4 Å². The van der Waals surface area contributed by atoms with Crippen LogP contribution in [0.4, 0.5) is 11.4 Å². The van der Waals surface area contributed by atoms with E-state index >= 15 is 0 Å². The smallest absolute Gasteiger partial charge is 0.142 e. The van der Waals surface area contributed by atoms with E-state index in [1.165, 1.54) is 6.42 Å². The van der Waals surface area contributed by atoms with Crippen molar-refractivity contribution < 1.29 is 19.7 Å². The van der Waals surface area contributed by atoms with Crippen LogP contribution in [-0.4, -0.2) is 21.4 Å². The number of nitrogen functional groups attached to an aromatic ring is 2. The number of ether oxygens (including phenoxy) is 2. The van der Waals surface area contributed by atoms with Crippen LogP contribution < -0.4 is 20.9 Å². The number of anilines is 2. The van der Waals surface area contributed by atoms with Crippen LogP contribution in [0.25, 0.3) is 0 Å². The number of hydrogen-bond acceptors (Lipinski definition) is 6. The molecule has 4 aliphatic carbocycles. The van der Waals surface area contributed by atoms with Gasteiger partial charge in [0.25, 0.3) is 0 Å². The molecule has 0 spiro atoms. The maximum atomic E-state index is 9.94. The maximum Gasteiger partial charge on any atom is 0.142 e. The standard InChI is InChI=1S/C22H26N2O4/c23-17-3-1-15(6-19(17)25)27-21-8-13-5-14(9-21)11-22(10-13,12-21)28-16-2-4-18(24)20(26)7-16/h1-4,6-7,13-14,25-26H,5,8-12,23-24H2. The van der Waals surface area contributed by atoms with E-state index < -0.39 is 0 Å². The summed E-state index contributed by atoms with van der Waals surface area (Å²) in [5, 5.41) is 19.9. The fraction of sp³-hybridized carbons (Fsp3) is 0.455. The fourth-order valence-corrected chi connectivity index (χ4v) is 6.01. The predicted molar refractivity (Wildman–Crippen MR) is 106 cm³/mol. The minimum atomic E-state index is -0.289. The molecule has 28 heavy (non-hydrogen) atoms. The number of phenols is 2. The van der Waals surface area contributed by atoms with Crippen LogP contribution in [0.3, 0.4) is 0 Å². The molecule has 4 fully saturated rings. The first kappa shape index (κ1) is 17.3. The molecule has 6 rings (SSSR count). The highest BCUT2D eigenvalue weighted by Gasteiger charge is 2.60. The Balaban J connectivity index is 1.43. The van der Waals surface area contributed by atoms with E-state index in [-0.39, 0.29) is 22.7 Å². The second kappa shape index (κ2) is 5.87. The van der Waals surface area contributed by atoms with Gasteiger partial charge in [-0.15, -0.1) is 0 Å². The Morgan fingerprint density at radius 2 is 1.18 bits per heavy atom. The summed E-state index contributed by atoms with van der Waals surface area (Å²) >= 11 is 0. The van der Waals surface area contributed by atoms with Crippen molar-refractivity contribution in [1.82, 2.24) is 0 Å². The molecule has 6 heteroatoms. The summed E-state index contributed by atoms with van der Waals surface area (Å²) in [5.41, 5.74) is 11.6. The highest BCUT2D eigenvalue weighted by molar-refractivity contribution is 5.55.